The molecule has 3 rings (SSSR count). The molecule has 212 valence electrons. The maximum Gasteiger partial charge on any atom is 0.123 e. The van der Waals surface area contributed by atoms with Crippen LogP contribution >= 0.6 is 0 Å². The van der Waals surface area contributed by atoms with Crippen LogP contribution in [0.5, 0.6) is 17.2 Å². The molecule has 3 nitrogen and oxygen atoms in total. The molecule has 2 atom stereocenters. The molecule has 3 aromatic carbocycles. The molecule has 0 fully saturated rings. The van der Waals surface area contributed by atoms with Gasteiger partial charge in [-0.05, 0) is 85.5 Å². The molecule has 1 N–H and O–H groups in total. The van der Waals surface area contributed by atoms with E-state index in [2.05, 4.69) is 84.0 Å². The van der Waals surface area contributed by atoms with Crippen LogP contribution in [0.2, 0.25) is 0 Å². The van der Waals surface area contributed by atoms with E-state index in [1.807, 2.05) is 6.07 Å². The number of aryl methyl sites for hydroxylation is 2. The van der Waals surface area contributed by atoms with Crippen molar-refractivity contribution in [1.29, 1.82) is 0 Å². The molecule has 0 aliphatic rings. The van der Waals surface area contributed by atoms with E-state index < -0.39 is 0 Å². The lowest BCUT2D eigenvalue weighted by atomic mass is 9.96. The fourth-order valence-corrected chi connectivity index (χ4v) is 5.68. The zero-order chi connectivity index (χ0) is 28.2. The van der Waals surface area contributed by atoms with Gasteiger partial charge in [0.2, 0.25) is 0 Å². The Morgan fingerprint density at radius 1 is 0.538 bits per heavy atom. The molecule has 0 heterocycles. The number of phenolic OH excluding ortho intramolecular Hbond substituents is 1. The van der Waals surface area contributed by atoms with Gasteiger partial charge in [0.05, 0.1) is 6.10 Å². The van der Waals surface area contributed by atoms with Crippen LogP contribution in [-0.2, 0) is 38.5 Å². The summed E-state index contributed by atoms with van der Waals surface area (Å²) in [5, 5.41) is 10.9. The fourth-order valence-electron chi connectivity index (χ4n) is 5.68. The summed E-state index contributed by atoms with van der Waals surface area (Å²) in [6.45, 7) is 13.1. The maximum atomic E-state index is 10.9. The van der Waals surface area contributed by atoms with E-state index in [4.69, 9.17) is 9.47 Å². The van der Waals surface area contributed by atoms with Crippen LogP contribution in [0, 0.1) is 0 Å². The van der Waals surface area contributed by atoms with Gasteiger partial charge in [-0.15, -0.1) is 0 Å². The molecule has 0 saturated heterocycles. The standard InChI is InChI=1S/C36H50O3/c1-7-14-28-18-12-22-35(31(28)16-9-3)38-26(5)24-30-20-11-21-34(37)33(30)25-27(6)39-36-23-13-19-29(15-8-2)32(36)17-10-4/h11-13,18-23,26-27,37H,7-10,14-17,24-25H2,1-6H3. The van der Waals surface area contributed by atoms with Crippen molar-refractivity contribution < 1.29 is 14.6 Å². The van der Waals surface area contributed by atoms with Crippen molar-refractivity contribution in [1.82, 2.24) is 0 Å². The number of aromatic hydroxyl groups is 1. The Balaban J connectivity index is 1.77. The predicted octanol–water partition coefficient (Wildman–Crippen LogP) is 9.22. The van der Waals surface area contributed by atoms with Crippen LogP contribution < -0.4 is 9.47 Å². The summed E-state index contributed by atoms with van der Waals surface area (Å²) < 4.78 is 13.1. The Morgan fingerprint density at radius 3 is 1.46 bits per heavy atom. The van der Waals surface area contributed by atoms with Crippen molar-refractivity contribution in [2.24, 2.45) is 0 Å². The number of phenols is 1. The van der Waals surface area contributed by atoms with E-state index >= 15 is 0 Å². The molecule has 2 unspecified atom stereocenters. The van der Waals surface area contributed by atoms with Crippen molar-refractivity contribution in [2.75, 3.05) is 0 Å². The first-order valence-corrected chi connectivity index (χ1v) is 15.3. The molecule has 0 aliphatic carbocycles. The highest BCUT2D eigenvalue weighted by Gasteiger charge is 2.19. The van der Waals surface area contributed by atoms with E-state index in [0.29, 0.717) is 12.2 Å². The van der Waals surface area contributed by atoms with Crippen molar-refractivity contribution in [3.63, 3.8) is 0 Å². The quantitative estimate of drug-likeness (QED) is 0.201. The summed E-state index contributed by atoms with van der Waals surface area (Å²) in [7, 11) is 0. The third-order valence-electron chi connectivity index (χ3n) is 7.40. The van der Waals surface area contributed by atoms with Gasteiger partial charge < -0.3 is 14.6 Å². The van der Waals surface area contributed by atoms with Crippen LogP contribution in [0.1, 0.15) is 101 Å². The predicted molar refractivity (Wildman–Crippen MR) is 165 cm³/mol. The second-order valence-corrected chi connectivity index (χ2v) is 11.0. The zero-order valence-electron chi connectivity index (χ0n) is 25.2. The van der Waals surface area contributed by atoms with Crippen molar-refractivity contribution in [2.45, 2.75) is 118 Å². The molecular formula is C36H50O3. The summed E-state index contributed by atoms with van der Waals surface area (Å²) in [6.07, 6.45) is 9.94. The zero-order valence-corrected chi connectivity index (χ0v) is 25.2. The molecule has 39 heavy (non-hydrogen) atoms. The monoisotopic (exact) mass is 530 g/mol. The van der Waals surface area contributed by atoms with E-state index in [-0.39, 0.29) is 12.2 Å². The molecule has 3 aromatic rings. The number of benzene rings is 3. The van der Waals surface area contributed by atoms with E-state index in [1.54, 1.807) is 6.07 Å². The molecule has 0 radical (unpaired) electrons. The Hall–Kier alpha value is -2.94. The smallest absolute Gasteiger partial charge is 0.123 e. The van der Waals surface area contributed by atoms with Crippen LogP contribution in [0.4, 0.5) is 0 Å². The summed E-state index contributed by atoms with van der Waals surface area (Å²) in [4.78, 5) is 0. The van der Waals surface area contributed by atoms with Gasteiger partial charge in [-0.3, -0.25) is 0 Å². The lowest BCUT2D eigenvalue weighted by Gasteiger charge is -2.23. The third-order valence-corrected chi connectivity index (χ3v) is 7.40. The van der Waals surface area contributed by atoms with E-state index in [0.717, 1.165) is 80.4 Å². The Morgan fingerprint density at radius 2 is 0.974 bits per heavy atom. The average molecular weight is 531 g/mol. The Labute approximate surface area is 237 Å². The van der Waals surface area contributed by atoms with Gasteiger partial charge >= 0.3 is 0 Å². The van der Waals surface area contributed by atoms with Crippen LogP contribution in [-0.4, -0.2) is 17.3 Å². The number of ether oxygens (including phenoxy) is 2. The first kappa shape index (κ1) is 30.6. The molecule has 0 bridgehead atoms. The summed E-state index contributed by atoms with van der Waals surface area (Å²) in [5.41, 5.74) is 7.55. The Bertz CT molecular complexity index is 1170. The average Bonchev–Trinajstić information content (AvgIpc) is 2.90. The van der Waals surface area contributed by atoms with Gasteiger partial charge in [-0.1, -0.05) is 89.8 Å². The van der Waals surface area contributed by atoms with Gasteiger partial charge in [0.25, 0.3) is 0 Å². The minimum atomic E-state index is -0.0670. The Kier molecular flexibility index (Phi) is 12.2. The summed E-state index contributed by atoms with van der Waals surface area (Å²) in [5.74, 6) is 2.32. The highest BCUT2D eigenvalue weighted by Crippen LogP contribution is 2.31. The molecule has 0 amide bonds. The summed E-state index contributed by atoms with van der Waals surface area (Å²) in [6, 6.07) is 18.8. The first-order valence-electron chi connectivity index (χ1n) is 15.3. The lowest BCUT2D eigenvalue weighted by Crippen LogP contribution is -2.20. The van der Waals surface area contributed by atoms with Crippen molar-refractivity contribution in [3.8, 4) is 17.2 Å². The molecule has 0 aromatic heterocycles. The minimum Gasteiger partial charge on any atom is -0.508 e. The molecular weight excluding hydrogens is 480 g/mol. The fraction of sp³-hybridized carbons (Fsp3) is 0.500. The lowest BCUT2D eigenvalue weighted by molar-refractivity contribution is 0.212. The SMILES string of the molecule is CCCc1cccc(OC(C)Cc2cccc(O)c2CC(C)Oc2cccc(CCC)c2CCC)c1CCC. The first-order chi connectivity index (χ1) is 18.9. The van der Waals surface area contributed by atoms with Crippen LogP contribution in [0.25, 0.3) is 0 Å². The van der Waals surface area contributed by atoms with Gasteiger partial charge in [0.15, 0.2) is 0 Å². The topological polar surface area (TPSA) is 38.7 Å². The van der Waals surface area contributed by atoms with Gasteiger partial charge in [0.1, 0.15) is 23.4 Å². The van der Waals surface area contributed by atoms with Gasteiger partial charge in [-0.2, -0.15) is 0 Å². The van der Waals surface area contributed by atoms with Crippen molar-refractivity contribution in [3.05, 3.63) is 88.0 Å². The van der Waals surface area contributed by atoms with Gasteiger partial charge in [-0.25, -0.2) is 0 Å². The van der Waals surface area contributed by atoms with Crippen LogP contribution in [0.3, 0.4) is 0 Å². The normalized spacial score (nSPS) is 12.8. The minimum absolute atomic E-state index is 0.0175. The highest BCUT2D eigenvalue weighted by molar-refractivity contribution is 5.43. The maximum absolute atomic E-state index is 10.9. The molecule has 0 spiro atoms. The van der Waals surface area contributed by atoms with Gasteiger partial charge in [0, 0.05) is 18.4 Å². The molecule has 0 aliphatic heterocycles. The number of hydrogen-bond donors (Lipinski definition) is 1. The second-order valence-electron chi connectivity index (χ2n) is 11.0. The third kappa shape index (κ3) is 8.52. The second kappa shape index (κ2) is 15.6. The van der Waals surface area contributed by atoms with E-state index in [1.165, 1.54) is 22.3 Å². The summed E-state index contributed by atoms with van der Waals surface area (Å²) >= 11 is 0. The largest absolute Gasteiger partial charge is 0.508 e. The molecule has 0 saturated carbocycles. The number of rotatable bonds is 16. The molecule has 3 heteroatoms. The van der Waals surface area contributed by atoms with E-state index in [9.17, 15) is 5.11 Å². The highest BCUT2D eigenvalue weighted by atomic mass is 16.5. The van der Waals surface area contributed by atoms with Crippen molar-refractivity contribution >= 4 is 0 Å². The number of hydrogen-bond acceptors (Lipinski definition) is 3. The van der Waals surface area contributed by atoms with Crippen LogP contribution in [0.15, 0.2) is 54.6 Å².